The number of benzene rings is 1. The predicted octanol–water partition coefficient (Wildman–Crippen LogP) is 2.38. The lowest BCUT2D eigenvalue weighted by Crippen LogP contribution is -2.57. The first-order chi connectivity index (χ1) is 11.7. The first kappa shape index (κ1) is 15.0. The van der Waals surface area contributed by atoms with Crippen LogP contribution in [0.1, 0.15) is 28.9 Å². The van der Waals surface area contributed by atoms with E-state index in [1.54, 1.807) is 12.1 Å². The Bertz CT molecular complexity index is 796. The first-order valence-electron chi connectivity index (χ1n) is 8.46. The Hall–Kier alpha value is -2.58. The van der Waals surface area contributed by atoms with Gasteiger partial charge in [0, 0.05) is 23.8 Å². The van der Waals surface area contributed by atoms with Crippen LogP contribution in [-0.4, -0.2) is 41.5 Å². The van der Waals surface area contributed by atoms with Gasteiger partial charge in [-0.3, -0.25) is 4.79 Å². The van der Waals surface area contributed by atoms with Crippen molar-refractivity contribution in [2.45, 2.75) is 18.9 Å². The van der Waals surface area contributed by atoms with E-state index in [1.807, 2.05) is 24.3 Å². The number of fused-ring (bicyclic) bond motifs is 3. The molecule has 0 radical (unpaired) electrons. The molecular weight excluding hydrogens is 300 g/mol. The Labute approximate surface area is 141 Å². The van der Waals surface area contributed by atoms with Crippen molar-refractivity contribution in [1.82, 2.24) is 15.2 Å². The minimum Gasteiger partial charge on any atom is -0.351 e. The normalized spacial score (nSPS) is 25.2. The minimum absolute atomic E-state index is 0.0607. The van der Waals surface area contributed by atoms with Gasteiger partial charge >= 0.3 is 0 Å². The molecule has 1 atom stereocenters. The number of rotatable bonds is 3. The number of carbonyl (C=O) groups excluding carboxylic acids is 1. The summed E-state index contributed by atoms with van der Waals surface area (Å²) in [5.41, 5.74) is 2.77. The number of amides is 1. The van der Waals surface area contributed by atoms with Gasteiger partial charge in [0.2, 0.25) is 0 Å². The highest BCUT2D eigenvalue weighted by molar-refractivity contribution is 5.93. The average molecular weight is 320 g/mol. The van der Waals surface area contributed by atoms with Crippen LogP contribution in [0.3, 0.4) is 0 Å². The molecule has 122 valence electrons. The number of carbonyl (C=O) groups is 1. The summed E-state index contributed by atoms with van der Waals surface area (Å²) in [5.74, 6) is 0.544. The molecule has 0 saturated carbocycles. The summed E-state index contributed by atoms with van der Waals surface area (Å²) >= 11 is 0. The fourth-order valence-electron chi connectivity index (χ4n) is 3.87. The topological polar surface area (TPSA) is 71.9 Å². The highest BCUT2D eigenvalue weighted by Gasteiger charge is 2.35. The van der Waals surface area contributed by atoms with E-state index in [0.29, 0.717) is 17.2 Å². The Morgan fingerprint density at radius 1 is 1.21 bits per heavy atom. The van der Waals surface area contributed by atoms with Crippen LogP contribution < -0.4 is 5.32 Å². The molecule has 3 fully saturated rings. The van der Waals surface area contributed by atoms with Crippen molar-refractivity contribution in [2.75, 3.05) is 19.6 Å². The number of nitrogens with one attached hydrogen (secondary N) is 2. The first-order valence-corrected chi connectivity index (χ1v) is 8.46. The van der Waals surface area contributed by atoms with Crippen molar-refractivity contribution in [2.24, 2.45) is 5.92 Å². The summed E-state index contributed by atoms with van der Waals surface area (Å²) in [7, 11) is 0. The van der Waals surface area contributed by atoms with Crippen LogP contribution in [0, 0.1) is 17.2 Å². The molecule has 2 bridgehead atoms. The standard InChI is InChI=1S/C19H20N4O/c20-11-14-3-1-2-4-15(14)16-5-6-17(21-16)19(24)22-18-12-23-9-7-13(18)8-10-23/h1-6,13,18,21H,7-10,12H2,(H,22,24)/t18-/m0/s1. The number of hydrogen-bond acceptors (Lipinski definition) is 3. The van der Waals surface area contributed by atoms with Gasteiger partial charge in [-0.1, -0.05) is 18.2 Å². The highest BCUT2D eigenvalue weighted by atomic mass is 16.2. The SMILES string of the molecule is N#Cc1ccccc1-c1ccc(C(=O)N[C@H]2CN3CCC2CC3)[nH]1. The van der Waals surface area contributed by atoms with E-state index in [4.69, 9.17) is 0 Å². The van der Waals surface area contributed by atoms with Gasteiger partial charge in [-0.15, -0.1) is 0 Å². The number of aromatic nitrogens is 1. The second-order valence-corrected chi connectivity index (χ2v) is 6.66. The lowest BCUT2D eigenvalue weighted by molar-refractivity contribution is 0.0618. The zero-order valence-electron chi connectivity index (χ0n) is 13.5. The van der Waals surface area contributed by atoms with Crippen LogP contribution in [0.2, 0.25) is 0 Å². The lowest BCUT2D eigenvalue weighted by atomic mass is 9.84. The Morgan fingerprint density at radius 2 is 2.00 bits per heavy atom. The molecule has 1 amide bonds. The van der Waals surface area contributed by atoms with Crippen molar-refractivity contribution >= 4 is 5.91 Å². The molecular formula is C19H20N4O. The van der Waals surface area contributed by atoms with Crippen molar-refractivity contribution in [3.63, 3.8) is 0 Å². The minimum atomic E-state index is -0.0607. The van der Waals surface area contributed by atoms with Crippen LogP contribution in [0.5, 0.6) is 0 Å². The lowest BCUT2D eigenvalue weighted by Gasteiger charge is -2.44. The zero-order chi connectivity index (χ0) is 16.5. The quantitative estimate of drug-likeness (QED) is 0.912. The Kier molecular flexibility index (Phi) is 3.83. The molecule has 2 N–H and O–H groups in total. The second-order valence-electron chi connectivity index (χ2n) is 6.66. The molecule has 4 heterocycles. The zero-order valence-corrected chi connectivity index (χ0v) is 13.5. The van der Waals surface area contributed by atoms with Crippen molar-refractivity contribution in [1.29, 1.82) is 5.26 Å². The third-order valence-electron chi connectivity index (χ3n) is 5.24. The van der Waals surface area contributed by atoms with Crippen LogP contribution in [0.25, 0.3) is 11.3 Å². The van der Waals surface area contributed by atoms with Crippen LogP contribution in [-0.2, 0) is 0 Å². The molecule has 5 nitrogen and oxygen atoms in total. The third kappa shape index (κ3) is 2.70. The number of nitriles is 1. The van der Waals surface area contributed by atoms with E-state index < -0.39 is 0 Å². The molecule has 3 saturated heterocycles. The number of piperidine rings is 3. The molecule has 0 spiro atoms. The molecule has 1 aromatic carbocycles. The van der Waals surface area contributed by atoms with Gasteiger partial charge in [-0.2, -0.15) is 5.26 Å². The average Bonchev–Trinajstić information content (AvgIpc) is 3.13. The number of H-pyrrole nitrogens is 1. The summed E-state index contributed by atoms with van der Waals surface area (Å²) in [6.07, 6.45) is 2.35. The molecule has 0 aliphatic carbocycles. The van der Waals surface area contributed by atoms with Gasteiger partial charge in [0.05, 0.1) is 11.6 Å². The van der Waals surface area contributed by atoms with E-state index in [9.17, 15) is 10.1 Å². The summed E-state index contributed by atoms with van der Waals surface area (Å²) in [4.78, 5) is 18.1. The molecule has 1 aromatic heterocycles. The summed E-state index contributed by atoms with van der Waals surface area (Å²) in [6.45, 7) is 3.28. The van der Waals surface area contributed by atoms with Gasteiger partial charge < -0.3 is 15.2 Å². The number of hydrogen-bond donors (Lipinski definition) is 2. The maximum absolute atomic E-state index is 12.6. The van der Waals surface area contributed by atoms with Gasteiger partial charge in [-0.25, -0.2) is 0 Å². The van der Waals surface area contributed by atoms with Gasteiger partial charge in [0.25, 0.3) is 5.91 Å². The van der Waals surface area contributed by atoms with Crippen LogP contribution in [0.15, 0.2) is 36.4 Å². The van der Waals surface area contributed by atoms with Crippen molar-refractivity contribution in [3.8, 4) is 17.3 Å². The number of nitrogens with zero attached hydrogens (tertiary/aromatic N) is 2. The molecule has 2 aromatic rings. The van der Waals surface area contributed by atoms with E-state index in [2.05, 4.69) is 21.3 Å². The smallest absolute Gasteiger partial charge is 0.267 e. The van der Waals surface area contributed by atoms with Gasteiger partial charge in [0.1, 0.15) is 5.69 Å². The predicted molar refractivity (Wildman–Crippen MR) is 91.4 cm³/mol. The molecule has 0 unspecified atom stereocenters. The van der Waals surface area contributed by atoms with Gasteiger partial charge in [0.15, 0.2) is 0 Å². The maximum Gasteiger partial charge on any atom is 0.267 e. The van der Waals surface area contributed by atoms with Crippen molar-refractivity contribution in [3.05, 3.63) is 47.7 Å². The molecule has 24 heavy (non-hydrogen) atoms. The maximum atomic E-state index is 12.6. The van der Waals surface area contributed by atoms with E-state index >= 15 is 0 Å². The third-order valence-corrected chi connectivity index (χ3v) is 5.24. The number of aromatic amines is 1. The molecule has 3 aliphatic heterocycles. The molecule has 5 heteroatoms. The summed E-state index contributed by atoms with van der Waals surface area (Å²) in [6, 6.07) is 13.5. The monoisotopic (exact) mass is 320 g/mol. The molecule has 3 aliphatic rings. The van der Waals surface area contributed by atoms with Crippen LogP contribution >= 0.6 is 0 Å². The van der Waals surface area contributed by atoms with E-state index in [-0.39, 0.29) is 11.9 Å². The van der Waals surface area contributed by atoms with Gasteiger partial charge in [-0.05, 0) is 50.0 Å². The van der Waals surface area contributed by atoms with E-state index in [0.717, 1.165) is 30.9 Å². The van der Waals surface area contributed by atoms with E-state index in [1.165, 1.54) is 12.8 Å². The summed E-state index contributed by atoms with van der Waals surface area (Å²) < 4.78 is 0. The Morgan fingerprint density at radius 3 is 2.71 bits per heavy atom. The largest absolute Gasteiger partial charge is 0.351 e. The molecule has 5 rings (SSSR count). The fraction of sp³-hybridized carbons (Fsp3) is 0.368. The second kappa shape index (κ2) is 6.14. The van der Waals surface area contributed by atoms with Crippen LogP contribution in [0.4, 0.5) is 0 Å². The summed E-state index contributed by atoms with van der Waals surface area (Å²) in [5, 5.41) is 12.4. The Balaban J connectivity index is 1.50. The fourth-order valence-corrected chi connectivity index (χ4v) is 3.87. The van der Waals surface area contributed by atoms with Crippen molar-refractivity contribution < 1.29 is 4.79 Å². The highest BCUT2D eigenvalue weighted by Crippen LogP contribution is 2.28.